The first-order valence-corrected chi connectivity index (χ1v) is 2.44. The maximum Gasteiger partial charge on any atom is 2.00 e. The van der Waals surface area contributed by atoms with Crippen molar-refractivity contribution in [3.05, 3.63) is 0 Å². The fourth-order valence-electron chi connectivity index (χ4n) is 0.227. The second-order valence-electron chi connectivity index (χ2n) is 1.59. The van der Waals surface area contributed by atoms with Crippen LogP contribution < -0.4 is 0 Å². The van der Waals surface area contributed by atoms with E-state index in [4.69, 9.17) is 5.11 Å². The van der Waals surface area contributed by atoms with Crippen molar-refractivity contribution >= 4 is 87.4 Å². The van der Waals surface area contributed by atoms with Gasteiger partial charge in [-0.25, -0.2) is 4.79 Å². The van der Waals surface area contributed by atoms with Crippen molar-refractivity contribution in [1.82, 2.24) is 0 Å². The quantitative estimate of drug-likeness (QED) is 0.352. The van der Waals surface area contributed by atoms with Gasteiger partial charge in [0.25, 0.3) is 0 Å². The minimum atomic E-state index is -1.23. The average molecular weight is 216 g/mol. The summed E-state index contributed by atoms with van der Waals surface area (Å²) in [5.41, 5.74) is 0. The van der Waals surface area contributed by atoms with Crippen LogP contribution in [-0.4, -0.2) is 98.6 Å². The van der Waals surface area contributed by atoms with Gasteiger partial charge in [-0.3, -0.25) is 4.79 Å². The number of carbonyl (C=O) groups excluding carboxylic acids is 2. The summed E-state index contributed by atoms with van der Waals surface area (Å²) in [6.45, 7) is 2.32. The molecule has 0 amide bonds. The predicted octanol–water partition coefficient (Wildman–Crippen LogP) is -0.855. The smallest absolute Gasteiger partial charge is 1.00 e. The summed E-state index contributed by atoms with van der Waals surface area (Å²) in [6.07, 6.45) is -1.23. The maximum absolute atomic E-state index is 10.3. The largest absolute Gasteiger partial charge is 2.00 e. The summed E-state index contributed by atoms with van der Waals surface area (Å²) >= 11 is 0. The SMILES string of the molecule is CC(=O)OC(=O)C(C)O.[Ca+2].[Ca+2].[H-].[H-].[H-].[H-]. The summed E-state index contributed by atoms with van der Waals surface area (Å²) in [6, 6.07) is 0. The van der Waals surface area contributed by atoms with Gasteiger partial charge in [0.1, 0.15) is 6.10 Å². The molecule has 1 N–H and O–H groups in total. The van der Waals surface area contributed by atoms with Crippen molar-refractivity contribution in [3.8, 4) is 0 Å². The van der Waals surface area contributed by atoms with Crippen molar-refractivity contribution < 1.29 is 25.1 Å². The summed E-state index contributed by atoms with van der Waals surface area (Å²) in [5.74, 6) is -1.62. The molecule has 0 bridgehead atoms. The molecule has 0 saturated carbocycles. The Bertz CT molecular complexity index is 147. The fraction of sp³-hybridized carbons (Fsp3) is 0.600. The molecule has 0 spiro atoms. The number of esters is 2. The van der Waals surface area contributed by atoms with E-state index in [9.17, 15) is 9.59 Å². The zero-order chi connectivity index (χ0) is 7.44. The molecule has 0 aromatic rings. The molecule has 0 saturated heterocycles. The first kappa shape index (κ1) is 18.4. The predicted molar refractivity (Wildman–Crippen MR) is 44.4 cm³/mol. The van der Waals surface area contributed by atoms with Gasteiger partial charge in [0.2, 0.25) is 0 Å². The van der Waals surface area contributed by atoms with Crippen molar-refractivity contribution in [2.24, 2.45) is 0 Å². The molecule has 1 unspecified atom stereocenters. The van der Waals surface area contributed by atoms with E-state index in [1.165, 1.54) is 6.92 Å². The van der Waals surface area contributed by atoms with Crippen LogP contribution in [0.3, 0.4) is 0 Å². The van der Waals surface area contributed by atoms with Gasteiger partial charge in [0, 0.05) is 6.92 Å². The molecule has 11 heavy (non-hydrogen) atoms. The molecule has 60 valence electrons. The molecule has 4 nitrogen and oxygen atoms in total. The van der Waals surface area contributed by atoms with E-state index in [1.54, 1.807) is 0 Å². The molecule has 0 rings (SSSR count). The van der Waals surface area contributed by atoms with Gasteiger partial charge in [-0.15, -0.1) is 0 Å². The van der Waals surface area contributed by atoms with E-state index < -0.39 is 18.0 Å². The van der Waals surface area contributed by atoms with Gasteiger partial charge in [-0.2, -0.15) is 0 Å². The van der Waals surface area contributed by atoms with Crippen LogP contribution in [0.2, 0.25) is 0 Å². The first-order chi connectivity index (χ1) is 4.04. The molecule has 0 aromatic heterocycles. The molecule has 0 aliphatic heterocycles. The third-order valence-corrected chi connectivity index (χ3v) is 0.585. The summed E-state index contributed by atoms with van der Waals surface area (Å²) in [5, 5.41) is 8.44. The maximum atomic E-state index is 10.3. The number of ether oxygens (including phenoxy) is 1. The van der Waals surface area contributed by atoms with E-state index >= 15 is 0 Å². The van der Waals surface area contributed by atoms with Gasteiger partial charge in [-0.05, 0) is 6.92 Å². The first-order valence-electron chi connectivity index (χ1n) is 2.44. The van der Waals surface area contributed by atoms with Crippen LogP contribution in [0.25, 0.3) is 0 Å². The third-order valence-electron chi connectivity index (χ3n) is 0.585. The Labute approximate surface area is 131 Å². The zero-order valence-electron chi connectivity index (χ0n) is 10.7. The van der Waals surface area contributed by atoms with Crippen molar-refractivity contribution in [2.45, 2.75) is 20.0 Å². The molecule has 0 radical (unpaired) electrons. The Morgan fingerprint density at radius 1 is 1.45 bits per heavy atom. The number of hydrogen-bond donors (Lipinski definition) is 1. The number of carbonyl (C=O) groups is 2. The molecular formula is C5H12Ca2O4. The van der Waals surface area contributed by atoms with Crippen LogP contribution in [0.1, 0.15) is 19.6 Å². The van der Waals surface area contributed by atoms with E-state index in [0.29, 0.717) is 0 Å². The topological polar surface area (TPSA) is 63.6 Å². The number of aliphatic hydroxyl groups excluding tert-OH is 1. The summed E-state index contributed by atoms with van der Waals surface area (Å²) in [4.78, 5) is 20.3. The summed E-state index contributed by atoms with van der Waals surface area (Å²) in [7, 11) is 0. The van der Waals surface area contributed by atoms with Crippen LogP contribution in [0.15, 0.2) is 0 Å². The second-order valence-corrected chi connectivity index (χ2v) is 1.59. The van der Waals surface area contributed by atoms with E-state index in [2.05, 4.69) is 4.74 Å². The van der Waals surface area contributed by atoms with Gasteiger partial charge < -0.3 is 15.5 Å². The Balaban J connectivity index is -0.0000000213. The molecular weight excluding hydrogens is 204 g/mol. The van der Waals surface area contributed by atoms with Crippen molar-refractivity contribution in [3.63, 3.8) is 0 Å². The van der Waals surface area contributed by atoms with Gasteiger partial charge in [0.05, 0.1) is 0 Å². The molecule has 0 fully saturated rings. The van der Waals surface area contributed by atoms with Crippen LogP contribution in [-0.2, 0) is 14.3 Å². The Morgan fingerprint density at radius 2 is 1.82 bits per heavy atom. The third kappa shape index (κ3) is 11.6. The van der Waals surface area contributed by atoms with Crippen LogP contribution in [0, 0.1) is 0 Å². The van der Waals surface area contributed by atoms with Crippen LogP contribution in [0.4, 0.5) is 0 Å². The van der Waals surface area contributed by atoms with E-state index in [1.807, 2.05) is 0 Å². The second kappa shape index (κ2) is 9.71. The van der Waals surface area contributed by atoms with Crippen LogP contribution in [0.5, 0.6) is 0 Å². The average Bonchev–Trinajstić information content (AvgIpc) is 1.63. The van der Waals surface area contributed by atoms with E-state index in [-0.39, 0.29) is 81.2 Å². The minimum Gasteiger partial charge on any atom is -1.00 e. The molecule has 6 heteroatoms. The van der Waals surface area contributed by atoms with Gasteiger partial charge in [-0.1, -0.05) is 0 Å². The number of hydrogen-bond acceptors (Lipinski definition) is 4. The van der Waals surface area contributed by atoms with E-state index in [0.717, 1.165) is 6.92 Å². The normalized spacial score (nSPS) is 10.1. The van der Waals surface area contributed by atoms with Gasteiger partial charge >= 0.3 is 87.4 Å². The molecule has 0 aliphatic carbocycles. The number of rotatable bonds is 1. The number of aliphatic hydroxyl groups is 1. The zero-order valence-corrected chi connectivity index (χ0v) is 11.1. The molecule has 0 heterocycles. The molecule has 1 atom stereocenters. The Morgan fingerprint density at radius 3 is 1.91 bits per heavy atom. The van der Waals surface area contributed by atoms with Gasteiger partial charge in [0.15, 0.2) is 0 Å². The van der Waals surface area contributed by atoms with Crippen LogP contribution >= 0.6 is 0 Å². The molecule has 0 aromatic carbocycles. The standard InChI is InChI=1S/C5H8O4.2Ca.4H/c1-3(6)5(8)9-4(2)7;;;;;;/h3,6H,1-2H3;;;;;;/q;2*+2;4*-1. The minimum absolute atomic E-state index is 0. The Kier molecular flexibility index (Phi) is 16.2. The molecule has 0 aliphatic rings. The Hall–Kier alpha value is 1.62. The van der Waals surface area contributed by atoms with Crippen molar-refractivity contribution in [2.75, 3.05) is 0 Å². The summed E-state index contributed by atoms with van der Waals surface area (Å²) < 4.78 is 3.98. The fourth-order valence-corrected chi connectivity index (χ4v) is 0.227. The monoisotopic (exact) mass is 216 g/mol. The van der Waals surface area contributed by atoms with Crippen molar-refractivity contribution in [1.29, 1.82) is 0 Å².